The van der Waals surface area contributed by atoms with Crippen molar-refractivity contribution in [3.8, 4) is 0 Å². The van der Waals surface area contributed by atoms with E-state index < -0.39 is 23.8 Å². The van der Waals surface area contributed by atoms with Gasteiger partial charge in [0.1, 0.15) is 5.71 Å². The van der Waals surface area contributed by atoms with Gasteiger partial charge in [0, 0.05) is 20.1 Å². The molecule has 0 heterocycles. The molecule has 0 aliphatic rings. The van der Waals surface area contributed by atoms with Crippen molar-refractivity contribution in [1.29, 1.82) is 5.41 Å². The Morgan fingerprint density at radius 2 is 1.04 bits per heavy atom. The smallest absolute Gasteiger partial charge is 0.296 e. The molecule has 0 atom stereocenters. The van der Waals surface area contributed by atoms with Crippen molar-refractivity contribution in [1.82, 2.24) is 0 Å². The second-order valence-electron chi connectivity index (χ2n) is 4.71. The number of halogens is 8. The Morgan fingerprint density at radius 1 is 0.692 bits per heavy atom. The molecule has 0 spiro atoms. The van der Waals surface area contributed by atoms with Gasteiger partial charge in [0.05, 0.1) is 0 Å². The summed E-state index contributed by atoms with van der Waals surface area (Å²) in [6.07, 6.45) is -9.37. The van der Waals surface area contributed by atoms with E-state index in [9.17, 15) is 31.1 Å². The van der Waals surface area contributed by atoms with Gasteiger partial charge >= 0.3 is 12.4 Å². The second-order valence-corrected chi connectivity index (χ2v) is 6.54. The fourth-order valence-electron chi connectivity index (χ4n) is 1.55. The fourth-order valence-corrected chi connectivity index (χ4v) is 2.07. The molecule has 2 nitrogen and oxygen atoms in total. The number of carbonyl (C=O) groups is 1. The van der Waals surface area contributed by atoms with Crippen LogP contribution in [0.1, 0.15) is 15.9 Å². The standard InChI is InChI=1S/C8H5BrF3N.C8H4BrF3O/c2*9-6-3-1-5(2-4-6)7(13)8(10,11)12/h1-4,13H;1-4H. The third-order valence-corrected chi connectivity index (χ3v) is 3.84. The molecule has 1 N–H and O–H groups in total. The number of alkyl halides is 6. The molecule has 0 radical (unpaired) electrons. The number of hydrogen-bond acceptors (Lipinski definition) is 2. The van der Waals surface area contributed by atoms with Gasteiger partial charge in [-0.2, -0.15) is 26.3 Å². The Hall–Kier alpha value is -1.68. The van der Waals surface area contributed by atoms with Crippen LogP contribution in [0.25, 0.3) is 0 Å². The van der Waals surface area contributed by atoms with Crippen LogP contribution >= 0.6 is 31.9 Å². The van der Waals surface area contributed by atoms with E-state index in [4.69, 9.17) is 5.41 Å². The van der Waals surface area contributed by atoms with Crippen LogP contribution < -0.4 is 0 Å². The predicted molar refractivity (Wildman–Crippen MR) is 91.6 cm³/mol. The summed E-state index contributed by atoms with van der Waals surface area (Å²) in [6.45, 7) is 0. The lowest BCUT2D eigenvalue weighted by atomic mass is 10.1. The van der Waals surface area contributed by atoms with E-state index in [1.807, 2.05) is 0 Å². The van der Waals surface area contributed by atoms with Crippen molar-refractivity contribution in [3.05, 3.63) is 68.6 Å². The van der Waals surface area contributed by atoms with Crippen molar-refractivity contribution in [3.63, 3.8) is 0 Å². The van der Waals surface area contributed by atoms with Gasteiger partial charge in [-0.1, -0.05) is 44.0 Å². The third kappa shape index (κ3) is 6.91. The van der Waals surface area contributed by atoms with E-state index >= 15 is 0 Å². The highest BCUT2D eigenvalue weighted by molar-refractivity contribution is 9.10. The first kappa shape index (κ1) is 22.4. The molecule has 0 saturated carbocycles. The molecule has 0 aliphatic carbocycles. The van der Waals surface area contributed by atoms with E-state index in [1.54, 1.807) is 0 Å². The second kappa shape index (κ2) is 8.81. The molecule has 0 saturated heterocycles. The maximum atomic E-state index is 12.0. The molecule has 2 aromatic rings. The van der Waals surface area contributed by atoms with Crippen LogP contribution in [-0.2, 0) is 0 Å². The molecular formula is C16H9Br2F6NO. The Balaban J connectivity index is 0.000000260. The van der Waals surface area contributed by atoms with Gasteiger partial charge in [0.15, 0.2) is 0 Å². The predicted octanol–water partition coefficient (Wildman–Crippen LogP) is 6.57. The maximum absolute atomic E-state index is 12.0. The minimum atomic E-state index is -4.80. The zero-order chi connectivity index (χ0) is 20.1. The number of ketones is 1. The van der Waals surface area contributed by atoms with E-state index in [-0.39, 0.29) is 11.1 Å². The molecule has 26 heavy (non-hydrogen) atoms. The number of carbonyl (C=O) groups excluding carboxylic acids is 1. The average molecular weight is 505 g/mol. The normalized spacial score (nSPS) is 11.4. The summed E-state index contributed by atoms with van der Waals surface area (Å²) >= 11 is 6.15. The zero-order valence-corrected chi connectivity index (χ0v) is 15.7. The fraction of sp³-hybridized carbons (Fsp3) is 0.125. The van der Waals surface area contributed by atoms with Gasteiger partial charge < -0.3 is 0 Å². The maximum Gasteiger partial charge on any atom is 0.454 e. The van der Waals surface area contributed by atoms with Crippen LogP contribution in [0.2, 0.25) is 0 Å². The van der Waals surface area contributed by atoms with Crippen molar-refractivity contribution in [2.24, 2.45) is 0 Å². The summed E-state index contributed by atoms with van der Waals surface area (Å²) in [5, 5.41) is 6.81. The Bertz CT molecular complexity index is 700. The van der Waals surface area contributed by atoms with Crippen LogP contribution in [-0.4, -0.2) is 23.8 Å². The lowest BCUT2D eigenvalue weighted by Crippen LogP contribution is -2.22. The molecule has 0 unspecified atom stereocenters. The molecule has 0 bridgehead atoms. The summed E-state index contributed by atoms with van der Waals surface area (Å²) in [7, 11) is 0. The number of Topliss-reactive ketones (excluding diaryl/α,β-unsaturated/α-hetero) is 1. The first-order valence-corrected chi connectivity index (χ1v) is 8.19. The summed E-state index contributed by atoms with van der Waals surface area (Å²) in [6, 6.07) is 10.5. The quantitative estimate of drug-likeness (QED) is 0.280. The lowest BCUT2D eigenvalue weighted by Gasteiger charge is -2.07. The number of hydrogen-bond donors (Lipinski definition) is 1. The van der Waals surface area contributed by atoms with Crippen molar-refractivity contribution in [2.75, 3.05) is 0 Å². The third-order valence-electron chi connectivity index (χ3n) is 2.78. The number of benzene rings is 2. The largest absolute Gasteiger partial charge is 0.454 e. The molecule has 0 aromatic heterocycles. The lowest BCUT2D eigenvalue weighted by molar-refractivity contribution is -0.0885. The van der Waals surface area contributed by atoms with Gasteiger partial charge in [-0.15, -0.1) is 0 Å². The van der Waals surface area contributed by atoms with E-state index in [2.05, 4.69) is 31.9 Å². The summed E-state index contributed by atoms with van der Waals surface area (Å²) in [5.41, 5.74) is -1.80. The van der Waals surface area contributed by atoms with Crippen molar-refractivity contribution < 1.29 is 31.1 Å². The van der Waals surface area contributed by atoms with Gasteiger partial charge in [-0.3, -0.25) is 10.2 Å². The van der Waals surface area contributed by atoms with Gasteiger partial charge in [-0.25, -0.2) is 0 Å². The zero-order valence-electron chi connectivity index (χ0n) is 12.6. The Kier molecular flexibility index (Phi) is 7.57. The SMILES string of the molecule is N=C(c1ccc(Br)cc1)C(F)(F)F.O=C(c1ccc(Br)cc1)C(F)(F)F. The average Bonchev–Trinajstić information content (AvgIpc) is 2.54. The molecule has 10 heteroatoms. The van der Waals surface area contributed by atoms with Crippen molar-refractivity contribution in [2.45, 2.75) is 12.4 Å². The van der Waals surface area contributed by atoms with Crippen LogP contribution in [0.5, 0.6) is 0 Å². The van der Waals surface area contributed by atoms with Crippen LogP contribution in [0.3, 0.4) is 0 Å². The minimum absolute atomic E-state index is 0.129. The monoisotopic (exact) mass is 503 g/mol. The number of rotatable bonds is 2. The van der Waals surface area contributed by atoms with Crippen LogP contribution in [0.15, 0.2) is 57.5 Å². The first-order chi connectivity index (χ1) is 11.8. The van der Waals surface area contributed by atoms with Gasteiger partial charge in [-0.05, 0) is 36.4 Å². The number of nitrogens with one attached hydrogen (secondary N) is 1. The minimum Gasteiger partial charge on any atom is -0.296 e. The molecule has 2 rings (SSSR count). The molecular weight excluding hydrogens is 496 g/mol. The summed E-state index contributed by atoms with van der Waals surface area (Å²) < 4.78 is 72.9. The van der Waals surface area contributed by atoms with Crippen LogP contribution in [0, 0.1) is 5.41 Å². The van der Waals surface area contributed by atoms with Gasteiger partial charge in [0.2, 0.25) is 0 Å². The van der Waals surface area contributed by atoms with Gasteiger partial charge in [0.25, 0.3) is 5.78 Å². The summed E-state index contributed by atoms with van der Waals surface area (Å²) in [5.74, 6) is -1.82. The molecule has 140 valence electrons. The Morgan fingerprint density at radius 3 is 1.35 bits per heavy atom. The Labute approximate surface area is 161 Å². The van der Waals surface area contributed by atoms with E-state index in [0.717, 1.165) is 12.1 Å². The highest BCUT2D eigenvalue weighted by atomic mass is 79.9. The van der Waals surface area contributed by atoms with Crippen molar-refractivity contribution >= 4 is 43.4 Å². The molecule has 2 aromatic carbocycles. The highest BCUT2D eigenvalue weighted by Crippen LogP contribution is 2.23. The molecule has 0 fully saturated rings. The summed E-state index contributed by atoms with van der Waals surface area (Å²) in [4.78, 5) is 10.6. The van der Waals surface area contributed by atoms with E-state index in [1.165, 1.54) is 36.4 Å². The highest BCUT2D eigenvalue weighted by Gasteiger charge is 2.39. The first-order valence-electron chi connectivity index (χ1n) is 6.61. The van der Waals surface area contributed by atoms with Crippen LogP contribution in [0.4, 0.5) is 26.3 Å². The molecule has 0 amide bonds. The van der Waals surface area contributed by atoms with E-state index in [0.29, 0.717) is 8.95 Å². The topological polar surface area (TPSA) is 40.9 Å². The molecule has 0 aliphatic heterocycles.